The number of carbonyl (C=O) groups excluding carboxylic acids is 1. The molecule has 1 aromatic carbocycles. The maximum absolute atomic E-state index is 13.0. The van der Waals surface area contributed by atoms with Crippen molar-refractivity contribution >= 4 is 18.3 Å². The van der Waals surface area contributed by atoms with Crippen LogP contribution in [0.2, 0.25) is 0 Å². The van der Waals surface area contributed by atoms with E-state index in [2.05, 4.69) is 0 Å². The van der Waals surface area contributed by atoms with E-state index in [0.29, 0.717) is 12.6 Å². The van der Waals surface area contributed by atoms with Gasteiger partial charge in [0.1, 0.15) is 5.82 Å². The van der Waals surface area contributed by atoms with E-state index >= 15 is 0 Å². The van der Waals surface area contributed by atoms with Gasteiger partial charge in [0.05, 0.1) is 0 Å². The number of carbonyl (C=O) groups is 1. The zero-order chi connectivity index (χ0) is 14.8. The van der Waals surface area contributed by atoms with Crippen LogP contribution in [-0.2, 0) is 11.3 Å². The van der Waals surface area contributed by atoms with E-state index in [4.69, 9.17) is 5.73 Å². The number of nitrogens with two attached hydrogens (primary N) is 1. The van der Waals surface area contributed by atoms with Crippen molar-refractivity contribution in [3.8, 4) is 0 Å². The molecule has 0 bridgehead atoms. The topological polar surface area (TPSA) is 46.3 Å². The lowest BCUT2D eigenvalue weighted by molar-refractivity contribution is -0.138. The highest BCUT2D eigenvalue weighted by Gasteiger charge is 2.37. The highest BCUT2D eigenvalue weighted by molar-refractivity contribution is 5.85. The minimum Gasteiger partial charge on any atom is -0.335 e. The molecule has 122 valence electrons. The predicted octanol–water partition coefficient (Wildman–Crippen LogP) is 3.26. The third-order valence-electron chi connectivity index (χ3n) is 4.60. The number of nitrogens with zero attached hydrogens (tertiary/aromatic N) is 1. The zero-order valence-electron chi connectivity index (χ0n) is 12.7. The molecule has 3 nitrogen and oxygen atoms in total. The molecular weight excluding hydrogens is 303 g/mol. The second kappa shape index (κ2) is 7.42. The van der Waals surface area contributed by atoms with Crippen LogP contribution >= 0.6 is 12.4 Å². The number of hydrogen-bond donors (Lipinski definition) is 1. The van der Waals surface area contributed by atoms with Gasteiger partial charge >= 0.3 is 0 Å². The minimum atomic E-state index is -0.235. The van der Waals surface area contributed by atoms with E-state index in [1.54, 1.807) is 12.1 Å². The summed E-state index contributed by atoms with van der Waals surface area (Å²) in [5.74, 6) is 0.0908. The fourth-order valence-corrected chi connectivity index (χ4v) is 3.25. The SMILES string of the molecule is Cl.NC1CCCC(C(=O)N(Cc2ccc(F)cc2)C2CC2)C1. The van der Waals surface area contributed by atoms with Crippen molar-refractivity contribution in [2.24, 2.45) is 11.7 Å². The van der Waals surface area contributed by atoms with Crippen molar-refractivity contribution in [1.29, 1.82) is 0 Å². The van der Waals surface area contributed by atoms with Gasteiger partial charge in [0, 0.05) is 24.5 Å². The van der Waals surface area contributed by atoms with Gasteiger partial charge in [0.25, 0.3) is 0 Å². The summed E-state index contributed by atoms with van der Waals surface area (Å²) in [5, 5.41) is 0. The van der Waals surface area contributed by atoms with Crippen molar-refractivity contribution in [3.63, 3.8) is 0 Å². The predicted molar refractivity (Wildman–Crippen MR) is 87.2 cm³/mol. The van der Waals surface area contributed by atoms with Crippen LogP contribution in [0.4, 0.5) is 4.39 Å². The Kier molecular flexibility index (Phi) is 5.81. The molecule has 2 unspecified atom stereocenters. The standard InChI is InChI=1S/C17H23FN2O.ClH/c18-14-6-4-12(5-7-14)11-20(16-8-9-16)17(21)13-2-1-3-15(19)10-13;/h4-7,13,15-16H,1-3,8-11,19H2;1H. The summed E-state index contributed by atoms with van der Waals surface area (Å²) in [5.41, 5.74) is 7.01. The quantitative estimate of drug-likeness (QED) is 0.923. The largest absolute Gasteiger partial charge is 0.335 e. The molecule has 5 heteroatoms. The molecule has 2 N–H and O–H groups in total. The van der Waals surface area contributed by atoms with Crippen molar-refractivity contribution < 1.29 is 9.18 Å². The Morgan fingerprint density at radius 2 is 1.86 bits per heavy atom. The summed E-state index contributed by atoms with van der Waals surface area (Å²) in [6.07, 6.45) is 6.03. The Balaban J connectivity index is 0.00000176. The van der Waals surface area contributed by atoms with E-state index in [0.717, 1.165) is 44.1 Å². The van der Waals surface area contributed by atoms with Gasteiger partial charge in [-0.1, -0.05) is 18.6 Å². The van der Waals surface area contributed by atoms with E-state index in [1.807, 2.05) is 4.90 Å². The first-order valence-corrected chi connectivity index (χ1v) is 7.94. The molecule has 3 rings (SSSR count). The average Bonchev–Trinajstić information content (AvgIpc) is 3.30. The Morgan fingerprint density at radius 3 is 2.45 bits per heavy atom. The lowest BCUT2D eigenvalue weighted by atomic mass is 9.85. The zero-order valence-corrected chi connectivity index (χ0v) is 13.5. The minimum absolute atomic E-state index is 0. The normalized spacial score (nSPS) is 24.5. The number of rotatable bonds is 4. The van der Waals surface area contributed by atoms with Crippen LogP contribution in [0.5, 0.6) is 0 Å². The Bertz CT molecular complexity index is 504. The second-order valence-corrected chi connectivity index (χ2v) is 6.45. The molecule has 2 aliphatic carbocycles. The van der Waals surface area contributed by atoms with Gasteiger partial charge in [0.15, 0.2) is 0 Å². The molecule has 0 aromatic heterocycles. The van der Waals surface area contributed by atoms with Crippen molar-refractivity contribution in [1.82, 2.24) is 4.90 Å². The fraction of sp³-hybridized carbons (Fsp3) is 0.588. The van der Waals surface area contributed by atoms with Crippen LogP contribution in [0.3, 0.4) is 0 Å². The molecular formula is C17H24ClFN2O. The van der Waals surface area contributed by atoms with Gasteiger partial charge in [-0.05, 0) is 49.8 Å². The lowest BCUT2D eigenvalue weighted by Gasteiger charge is -2.31. The van der Waals surface area contributed by atoms with Crippen LogP contribution in [0.1, 0.15) is 44.1 Å². The summed E-state index contributed by atoms with van der Waals surface area (Å²) in [6.45, 7) is 0.593. The number of hydrogen-bond acceptors (Lipinski definition) is 2. The van der Waals surface area contributed by atoms with Gasteiger partial charge in [-0.2, -0.15) is 0 Å². The van der Waals surface area contributed by atoms with Crippen molar-refractivity contribution in [2.75, 3.05) is 0 Å². The van der Waals surface area contributed by atoms with E-state index in [9.17, 15) is 9.18 Å². The highest BCUT2D eigenvalue weighted by atomic mass is 35.5. The van der Waals surface area contributed by atoms with E-state index in [-0.39, 0.29) is 36.1 Å². The molecule has 2 saturated carbocycles. The van der Waals surface area contributed by atoms with Crippen LogP contribution in [0.15, 0.2) is 24.3 Å². The van der Waals surface area contributed by atoms with Crippen LogP contribution < -0.4 is 5.73 Å². The average molecular weight is 327 g/mol. The summed E-state index contributed by atoms with van der Waals surface area (Å²) in [4.78, 5) is 14.8. The van der Waals surface area contributed by atoms with Crippen molar-refractivity contribution in [3.05, 3.63) is 35.6 Å². The molecule has 0 aliphatic heterocycles. The smallest absolute Gasteiger partial charge is 0.226 e. The van der Waals surface area contributed by atoms with Gasteiger partial charge < -0.3 is 10.6 Å². The first-order valence-electron chi connectivity index (χ1n) is 7.94. The molecule has 2 aliphatic rings. The maximum Gasteiger partial charge on any atom is 0.226 e. The first kappa shape index (κ1) is 17.2. The molecule has 2 fully saturated rings. The van der Waals surface area contributed by atoms with Crippen molar-refractivity contribution in [2.45, 2.75) is 57.2 Å². The van der Waals surface area contributed by atoms with E-state index < -0.39 is 0 Å². The molecule has 1 amide bonds. The molecule has 0 spiro atoms. The summed E-state index contributed by atoms with van der Waals surface area (Å²) >= 11 is 0. The summed E-state index contributed by atoms with van der Waals surface area (Å²) < 4.78 is 13.0. The number of halogens is 2. The van der Waals surface area contributed by atoms with E-state index in [1.165, 1.54) is 12.1 Å². The molecule has 22 heavy (non-hydrogen) atoms. The van der Waals surface area contributed by atoms with Crippen LogP contribution in [0, 0.1) is 11.7 Å². The second-order valence-electron chi connectivity index (χ2n) is 6.45. The van der Waals surface area contributed by atoms with Crippen LogP contribution in [-0.4, -0.2) is 22.9 Å². The van der Waals surface area contributed by atoms with Gasteiger partial charge in [-0.25, -0.2) is 4.39 Å². The summed E-state index contributed by atoms with van der Waals surface area (Å²) in [7, 11) is 0. The monoisotopic (exact) mass is 326 g/mol. The molecule has 1 aromatic rings. The first-order chi connectivity index (χ1) is 10.1. The Hall–Kier alpha value is -1.13. The lowest BCUT2D eigenvalue weighted by Crippen LogP contribution is -2.41. The molecule has 0 radical (unpaired) electrons. The number of amides is 1. The fourth-order valence-electron chi connectivity index (χ4n) is 3.25. The Labute approximate surface area is 137 Å². The third-order valence-corrected chi connectivity index (χ3v) is 4.60. The highest BCUT2D eigenvalue weighted by Crippen LogP contribution is 2.33. The third kappa shape index (κ3) is 4.20. The van der Waals surface area contributed by atoms with Gasteiger partial charge in [-0.3, -0.25) is 4.79 Å². The molecule has 2 atom stereocenters. The molecule has 0 saturated heterocycles. The van der Waals surface area contributed by atoms with Gasteiger partial charge in [-0.15, -0.1) is 12.4 Å². The van der Waals surface area contributed by atoms with Crippen LogP contribution in [0.25, 0.3) is 0 Å². The number of benzene rings is 1. The van der Waals surface area contributed by atoms with Gasteiger partial charge in [0.2, 0.25) is 5.91 Å². The molecule has 0 heterocycles. The Morgan fingerprint density at radius 1 is 1.18 bits per heavy atom. The summed E-state index contributed by atoms with van der Waals surface area (Å²) in [6, 6.07) is 7.00. The maximum atomic E-state index is 13.0.